The Kier molecular flexibility index (Phi) is 3.49. The molecule has 0 unspecified atom stereocenters. The summed E-state index contributed by atoms with van der Waals surface area (Å²) in [7, 11) is 0. The van der Waals surface area contributed by atoms with Gasteiger partial charge in [-0.05, 0) is 17.5 Å². The summed E-state index contributed by atoms with van der Waals surface area (Å²) in [4.78, 5) is 28.7. The third kappa shape index (κ3) is 2.43. The standard InChI is InChI=1S/C14H12N4O2S/c1-2-12(19)17-11-5-6-15-14-9(8-16-18(11)14)13(20)10-4-3-7-21-10/h3-8H,2H2,1H3,(H,17,19). The summed E-state index contributed by atoms with van der Waals surface area (Å²) >= 11 is 1.37. The van der Waals surface area contributed by atoms with E-state index in [1.165, 1.54) is 22.0 Å². The average Bonchev–Trinajstić information content (AvgIpc) is 3.16. The number of fused-ring (bicyclic) bond motifs is 1. The van der Waals surface area contributed by atoms with Crippen molar-refractivity contribution < 1.29 is 9.59 Å². The number of thiophene rings is 1. The predicted octanol–water partition coefficient (Wildman–Crippen LogP) is 2.37. The van der Waals surface area contributed by atoms with Crippen LogP contribution in [0.2, 0.25) is 0 Å². The van der Waals surface area contributed by atoms with Gasteiger partial charge >= 0.3 is 0 Å². The topological polar surface area (TPSA) is 76.4 Å². The van der Waals surface area contributed by atoms with Gasteiger partial charge in [0.2, 0.25) is 11.7 Å². The minimum atomic E-state index is -0.121. The lowest BCUT2D eigenvalue weighted by atomic mass is 10.2. The molecule has 0 fully saturated rings. The van der Waals surface area contributed by atoms with E-state index in [0.29, 0.717) is 28.3 Å². The molecule has 3 rings (SSSR count). The molecule has 0 aliphatic rings. The summed E-state index contributed by atoms with van der Waals surface area (Å²) in [6.45, 7) is 1.77. The first-order valence-electron chi connectivity index (χ1n) is 6.41. The van der Waals surface area contributed by atoms with Crippen LogP contribution in [0.1, 0.15) is 28.6 Å². The molecule has 6 nitrogen and oxygen atoms in total. The smallest absolute Gasteiger partial charge is 0.225 e. The number of ketones is 1. The third-order valence-electron chi connectivity index (χ3n) is 2.98. The average molecular weight is 300 g/mol. The molecule has 3 aromatic heterocycles. The molecule has 0 spiro atoms. The molecule has 0 atom stereocenters. The molecule has 21 heavy (non-hydrogen) atoms. The van der Waals surface area contributed by atoms with Gasteiger partial charge in [-0.15, -0.1) is 11.3 Å². The maximum absolute atomic E-state index is 12.4. The Hall–Kier alpha value is -2.54. The van der Waals surface area contributed by atoms with Crippen LogP contribution < -0.4 is 5.32 Å². The molecule has 0 aromatic carbocycles. The second kappa shape index (κ2) is 5.45. The molecule has 0 aliphatic heterocycles. The van der Waals surface area contributed by atoms with Crippen LogP contribution in [0.15, 0.2) is 36.0 Å². The van der Waals surface area contributed by atoms with Crippen molar-refractivity contribution in [2.75, 3.05) is 5.32 Å². The van der Waals surface area contributed by atoms with E-state index in [1.54, 1.807) is 25.3 Å². The highest BCUT2D eigenvalue weighted by Gasteiger charge is 2.18. The maximum Gasteiger partial charge on any atom is 0.225 e. The predicted molar refractivity (Wildman–Crippen MR) is 79.7 cm³/mol. The van der Waals surface area contributed by atoms with E-state index in [4.69, 9.17) is 0 Å². The zero-order chi connectivity index (χ0) is 14.8. The molecule has 0 saturated heterocycles. The largest absolute Gasteiger partial charge is 0.311 e. The number of carbonyl (C=O) groups is 2. The lowest BCUT2D eigenvalue weighted by Gasteiger charge is -2.05. The molecule has 0 aliphatic carbocycles. The Morgan fingerprint density at radius 3 is 2.95 bits per heavy atom. The lowest BCUT2D eigenvalue weighted by Crippen LogP contribution is -2.13. The van der Waals surface area contributed by atoms with Crippen LogP contribution in [-0.2, 0) is 4.79 Å². The van der Waals surface area contributed by atoms with Crippen molar-refractivity contribution in [1.29, 1.82) is 0 Å². The summed E-state index contributed by atoms with van der Waals surface area (Å²) in [5, 5.41) is 8.74. The van der Waals surface area contributed by atoms with E-state index in [0.717, 1.165) is 0 Å². The summed E-state index contributed by atoms with van der Waals surface area (Å²) in [5.74, 6) is 0.257. The van der Waals surface area contributed by atoms with E-state index in [1.807, 2.05) is 11.4 Å². The Morgan fingerprint density at radius 1 is 1.38 bits per heavy atom. The monoisotopic (exact) mass is 300 g/mol. The molecule has 106 valence electrons. The van der Waals surface area contributed by atoms with Gasteiger partial charge in [0.1, 0.15) is 5.82 Å². The third-order valence-corrected chi connectivity index (χ3v) is 3.85. The van der Waals surface area contributed by atoms with Crippen LogP contribution in [0.5, 0.6) is 0 Å². The van der Waals surface area contributed by atoms with Gasteiger partial charge in [-0.2, -0.15) is 9.61 Å². The fraction of sp³-hybridized carbons (Fsp3) is 0.143. The van der Waals surface area contributed by atoms with Gasteiger partial charge < -0.3 is 5.32 Å². The van der Waals surface area contributed by atoms with Gasteiger partial charge in [-0.25, -0.2) is 4.98 Å². The van der Waals surface area contributed by atoms with Crippen molar-refractivity contribution in [3.05, 3.63) is 46.4 Å². The lowest BCUT2D eigenvalue weighted by molar-refractivity contribution is -0.115. The molecule has 7 heteroatoms. The summed E-state index contributed by atoms with van der Waals surface area (Å²) in [6, 6.07) is 5.23. The van der Waals surface area contributed by atoms with Crippen molar-refractivity contribution in [3.8, 4) is 0 Å². The molecule has 0 radical (unpaired) electrons. The quantitative estimate of drug-likeness (QED) is 0.750. The number of nitrogens with zero attached hydrogens (tertiary/aromatic N) is 3. The number of anilines is 1. The Balaban J connectivity index is 2.05. The molecule has 0 bridgehead atoms. The SMILES string of the molecule is CCC(=O)Nc1ccnc2c(C(=O)c3cccs3)cnn12. The van der Waals surface area contributed by atoms with Crippen LogP contribution in [0.4, 0.5) is 5.82 Å². The van der Waals surface area contributed by atoms with Crippen molar-refractivity contribution in [3.63, 3.8) is 0 Å². The minimum Gasteiger partial charge on any atom is -0.311 e. The zero-order valence-corrected chi connectivity index (χ0v) is 12.1. The van der Waals surface area contributed by atoms with E-state index in [-0.39, 0.29) is 11.7 Å². The number of carbonyl (C=O) groups excluding carboxylic acids is 2. The van der Waals surface area contributed by atoms with E-state index >= 15 is 0 Å². The zero-order valence-electron chi connectivity index (χ0n) is 11.2. The Labute approximate surface area is 124 Å². The van der Waals surface area contributed by atoms with Crippen molar-refractivity contribution in [2.45, 2.75) is 13.3 Å². The Bertz CT molecular complexity index is 808. The van der Waals surface area contributed by atoms with Crippen molar-refractivity contribution in [1.82, 2.24) is 14.6 Å². The number of hydrogen-bond donors (Lipinski definition) is 1. The van der Waals surface area contributed by atoms with E-state index in [2.05, 4.69) is 15.4 Å². The summed E-state index contributed by atoms with van der Waals surface area (Å²) in [6.07, 6.45) is 3.39. The first kappa shape index (κ1) is 13.4. The van der Waals surface area contributed by atoms with Gasteiger partial charge in [-0.3, -0.25) is 9.59 Å². The fourth-order valence-electron chi connectivity index (χ4n) is 1.92. The Morgan fingerprint density at radius 2 is 2.24 bits per heavy atom. The number of hydrogen-bond acceptors (Lipinski definition) is 5. The van der Waals surface area contributed by atoms with Gasteiger partial charge in [0.05, 0.1) is 16.6 Å². The van der Waals surface area contributed by atoms with Crippen LogP contribution in [0.3, 0.4) is 0 Å². The van der Waals surface area contributed by atoms with Gasteiger partial charge in [0.25, 0.3) is 0 Å². The van der Waals surface area contributed by atoms with Gasteiger partial charge in [0.15, 0.2) is 5.65 Å². The normalized spacial score (nSPS) is 10.7. The number of aromatic nitrogens is 3. The first-order valence-corrected chi connectivity index (χ1v) is 7.29. The van der Waals surface area contributed by atoms with Gasteiger partial charge in [-0.1, -0.05) is 13.0 Å². The van der Waals surface area contributed by atoms with Crippen LogP contribution in [0.25, 0.3) is 5.65 Å². The molecular weight excluding hydrogens is 288 g/mol. The highest BCUT2D eigenvalue weighted by molar-refractivity contribution is 7.12. The molecular formula is C14H12N4O2S. The van der Waals surface area contributed by atoms with Crippen molar-refractivity contribution >= 4 is 34.5 Å². The number of amides is 1. The fourth-order valence-corrected chi connectivity index (χ4v) is 2.60. The molecule has 3 heterocycles. The first-order chi connectivity index (χ1) is 10.2. The summed E-state index contributed by atoms with van der Waals surface area (Å²) in [5.41, 5.74) is 0.854. The molecule has 3 aromatic rings. The van der Waals surface area contributed by atoms with Crippen molar-refractivity contribution in [2.24, 2.45) is 0 Å². The van der Waals surface area contributed by atoms with E-state index in [9.17, 15) is 9.59 Å². The molecule has 1 N–H and O–H groups in total. The summed E-state index contributed by atoms with van der Waals surface area (Å²) < 4.78 is 1.47. The number of rotatable bonds is 4. The highest BCUT2D eigenvalue weighted by Crippen LogP contribution is 2.19. The highest BCUT2D eigenvalue weighted by atomic mass is 32.1. The molecule has 0 saturated carbocycles. The second-order valence-electron chi connectivity index (χ2n) is 4.33. The number of nitrogens with one attached hydrogen (secondary N) is 1. The maximum atomic E-state index is 12.4. The van der Waals surface area contributed by atoms with Crippen LogP contribution in [0, 0.1) is 0 Å². The second-order valence-corrected chi connectivity index (χ2v) is 5.28. The van der Waals surface area contributed by atoms with Crippen LogP contribution in [-0.4, -0.2) is 26.3 Å². The van der Waals surface area contributed by atoms with Crippen LogP contribution >= 0.6 is 11.3 Å². The van der Waals surface area contributed by atoms with E-state index < -0.39 is 0 Å². The molecule has 1 amide bonds. The van der Waals surface area contributed by atoms with Gasteiger partial charge in [0, 0.05) is 12.6 Å². The minimum absolute atomic E-state index is 0.119.